The summed E-state index contributed by atoms with van der Waals surface area (Å²) in [5.74, 6) is -0.960. The third-order valence-corrected chi connectivity index (χ3v) is 2.30. The topological polar surface area (TPSA) is 88.0 Å². The van der Waals surface area contributed by atoms with E-state index in [1.807, 2.05) is 0 Å². The minimum absolute atomic E-state index is 0.238. The molecule has 2 aromatic heterocycles. The molecule has 0 saturated carbocycles. The van der Waals surface area contributed by atoms with E-state index in [-0.39, 0.29) is 11.3 Å². The smallest absolute Gasteiger partial charge is 0.273 e. The van der Waals surface area contributed by atoms with Crippen molar-refractivity contribution in [3.8, 4) is 0 Å². The van der Waals surface area contributed by atoms with Crippen molar-refractivity contribution in [2.24, 2.45) is 12.1 Å². The number of nitrogens with one attached hydrogen (secondary N) is 2. The van der Waals surface area contributed by atoms with Gasteiger partial charge in [-0.1, -0.05) is 0 Å². The molecular weight excluding hydrogens is 239 g/mol. The average molecular weight is 250 g/mol. The highest BCUT2D eigenvalue weighted by Crippen LogP contribution is 2.07. The first-order valence-corrected chi connectivity index (χ1v) is 5.11. The van der Waals surface area contributed by atoms with Crippen molar-refractivity contribution < 1.29 is 9.18 Å². The van der Waals surface area contributed by atoms with E-state index in [0.717, 1.165) is 4.68 Å². The van der Waals surface area contributed by atoms with Crippen LogP contribution in [-0.2, 0) is 7.05 Å². The Morgan fingerprint density at radius 3 is 3.00 bits per heavy atom. The van der Waals surface area contributed by atoms with Gasteiger partial charge in [0.25, 0.3) is 5.91 Å². The molecule has 94 valence electrons. The normalized spacial score (nSPS) is 11.1. The number of hydrazone groups is 1. The van der Waals surface area contributed by atoms with Gasteiger partial charge in [0.2, 0.25) is 5.95 Å². The molecule has 0 unspecified atom stereocenters. The molecular formula is C10H11FN6O. The van der Waals surface area contributed by atoms with E-state index < -0.39 is 11.9 Å². The lowest BCUT2D eigenvalue weighted by molar-refractivity contribution is 0.0950. The van der Waals surface area contributed by atoms with Crippen LogP contribution in [0.25, 0.3) is 0 Å². The van der Waals surface area contributed by atoms with E-state index in [4.69, 9.17) is 0 Å². The number of aryl methyl sites for hydroxylation is 2. The second kappa shape index (κ2) is 4.78. The third kappa shape index (κ3) is 2.26. The minimum Gasteiger partial charge on any atom is -0.273 e. The maximum atomic E-state index is 13.5. The van der Waals surface area contributed by atoms with Crippen LogP contribution in [0.3, 0.4) is 0 Å². The fraction of sp³-hybridized carbons (Fsp3) is 0.200. The molecule has 0 aliphatic rings. The predicted molar refractivity (Wildman–Crippen MR) is 61.6 cm³/mol. The summed E-state index contributed by atoms with van der Waals surface area (Å²) in [6, 6.07) is 1.50. The van der Waals surface area contributed by atoms with Crippen molar-refractivity contribution in [2.45, 2.75) is 6.92 Å². The first-order chi connectivity index (χ1) is 8.59. The molecule has 1 amide bonds. The van der Waals surface area contributed by atoms with Gasteiger partial charge < -0.3 is 0 Å². The summed E-state index contributed by atoms with van der Waals surface area (Å²) in [6.07, 6.45) is 2.66. The number of halogens is 1. The number of H-pyrrole nitrogens is 1. The molecule has 0 radical (unpaired) electrons. The molecule has 0 fully saturated rings. The van der Waals surface area contributed by atoms with E-state index in [9.17, 15) is 9.18 Å². The molecule has 0 bridgehead atoms. The molecule has 0 aromatic carbocycles. The van der Waals surface area contributed by atoms with E-state index in [1.54, 1.807) is 6.92 Å². The van der Waals surface area contributed by atoms with Crippen LogP contribution >= 0.6 is 0 Å². The van der Waals surface area contributed by atoms with Gasteiger partial charge in [0, 0.05) is 13.2 Å². The first kappa shape index (κ1) is 12.0. The van der Waals surface area contributed by atoms with Crippen LogP contribution in [0, 0.1) is 12.9 Å². The lowest BCUT2D eigenvalue weighted by Crippen LogP contribution is -2.18. The zero-order valence-corrected chi connectivity index (χ0v) is 9.81. The second-order valence-electron chi connectivity index (χ2n) is 3.58. The number of hydrogen-bond donors (Lipinski definition) is 2. The lowest BCUT2D eigenvalue weighted by Gasteiger charge is -1.95. The second-order valence-corrected chi connectivity index (χ2v) is 3.58. The van der Waals surface area contributed by atoms with Gasteiger partial charge in [-0.05, 0) is 13.0 Å². The Balaban J connectivity index is 2.06. The molecule has 0 aliphatic carbocycles. The number of nitrogens with zero attached hydrogens (tertiary/aromatic N) is 4. The third-order valence-electron chi connectivity index (χ3n) is 2.30. The summed E-state index contributed by atoms with van der Waals surface area (Å²) in [6.45, 7) is 1.65. The van der Waals surface area contributed by atoms with Gasteiger partial charge >= 0.3 is 0 Å². The van der Waals surface area contributed by atoms with Crippen LogP contribution in [-0.4, -0.2) is 32.1 Å². The van der Waals surface area contributed by atoms with Crippen LogP contribution in [0.1, 0.15) is 21.7 Å². The number of rotatable bonds is 3. The fourth-order valence-electron chi connectivity index (χ4n) is 1.39. The summed E-state index contributed by atoms with van der Waals surface area (Å²) in [5.41, 5.74) is 3.26. The highest BCUT2D eigenvalue weighted by atomic mass is 19.1. The molecule has 8 heteroatoms. The Hall–Kier alpha value is -2.51. The average Bonchev–Trinajstić information content (AvgIpc) is 2.93. The molecule has 0 aliphatic heterocycles. The quantitative estimate of drug-likeness (QED) is 0.608. The first-order valence-electron chi connectivity index (χ1n) is 5.11. The van der Waals surface area contributed by atoms with Crippen molar-refractivity contribution in [1.29, 1.82) is 0 Å². The number of carbonyl (C=O) groups excluding carboxylic acids is 1. The van der Waals surface area contributed by atoms with Crippen molar-refractivity contribution in [2.75, 3.05) is 0 Å². The van der Waals surface area contributed by atoms with Crippen LogP contribution in [0.4, 0.5) is 4.39 Å². The SMILES string of the molecule is Cc1nn(C)c(F)c1/C=N/NC(=O)c1ccn[nH]1. The number of aromatic amines is 1. The molecule has 2 N–H and O–H groups in total. The van der Waals surface area contributed by atoms with Gasteiger partial charge in [-0.2, -0.15) is 19.7 Å². The summed E-state index contributed by atoms with van der Waals surface area (Å²) >= 11 is 0. The standard InChI is InChI=1S/C10H11FN6O/c1-6-7(9(11)17(2)16-6)5-13-15-10(18)8-3-4-12-14-8/h3-5H,1-2H3,(H,12,14)(H,15,18)/b13-5+. The molecule has 2 aromatic rings. The zero-order chi connectivity index (χ0) is 13.1. The van der Waals surface area contributed by atoms with E-state index in [2.05, 4.69) is 25.8 Å². The summed E-state index contributed by atoms with van der Waals surface area (Å²) in [4.78, 5) is 11.5. The van der Waals surface area contributed by atoms with Gasteiger partial charge in [-0.15, -0.1) is 0 Å². The Morgan fingerprint density at radius 1 is 1.67 bits per heavy atom. The largest absolute Gasteiger partial charge is 0.289 e. The van der Waals surface area contributed by atoms with Gasteiger partial charge in [-0.3, -0.25) is 9.89 Å². The van der Waals surface area contributed by atoms with Gasteiger partial charge in [0.05, 0.1) is 17.5 Å². The summed E-state index contributed by atoms with van der Waals surface area (Å²) in [7, 11) is 1.49. The Bertz CT molecular complexity index is 586. The Labute approximate surface area is 102 Å². The van der Waals surface area contributed by atoms with Crippen molar-refractivity contribution in [3.63, 3.8) is 0 Å². The summed E-state index contributed by atoms with van der Waals surface area (Å²) < 4.78 is 14.6. The van der Waals surface area contributed by atoms with Crippen LogP contribution < -0.4 is 5.43 Å². The minimum atomic E-state index is -0.507. The highest BCUT2D eigenvalue weighted by Gasteiger charge is 2.10. The molecule has 0 atom stereocenters. The van der Waals surface area contributed by atoms with Gasteiger partial charge in [0.1, 0.15) is 5.69 Å². The van der Waals surface area contributed by atoms with Crippen LogP contribution in [0.15, 0.2) is 17.4 Å². The molecule has 18 heavy (non-hydrogen) atoms. The molecule has 2 rings (SSSR count). The number of aromatic nitrogens is 4. The predicted octanol–water partition coefficient (Wildman–Crippen LogP) is 0.355. The zero-order valence-electron chi connectivity index (χ0n) is 9.81. The van der Waals surface area contributed by atoms with Gasteiger partial charge in [0.15, 0.2) is 0 Å². The lowest BCUT2D eigenvalue weighted by atomic mass is 10.3. The maximum Gasteiger partial charge on any atom is 0.289 e. The molecule has 0 spiro atoms. The monoisotopic (exact) mass is 250 g/mol. The molecule has 7 nitrogen and oxygen atoms in total. The van der Waals surface area contributed by atoms with Gasteiger partial charge in [-0.25, -0.2) is 10.1 Å². The van der Waals surface area contributed by atoms with Crippen molar-refractivity contribution in [3.05, 3.63) is 35.2 Å². The van der Waals surface area contributed by atoms with E-state index >= 15 is 0 Å². The number of amides is 1. The summed E-state index contributed by atoms with van der Waals surface area (Å²) in [5, 5.41) is 13.7. The Kier molecular flexibility index (Phi) is 3.18. The van der Waals surface area contributed by atoms with Crippen molar-refractivity contribution in [1.82, 2.24) is 25.4 Å². The molecule has 2 heterocycles. The number of hydrogen-bond acceptors (Lipinski definition) is 4. The van der Waals surface area contributed by atoms with Crippen LogP contribution in [0.2, 0.25) is 0 Å². The van der Waals surface area contributed by atoms with E-state index in [0.29, 0.717) is 5.69 Å². The van der Waals surface area contributed by atoms with Crippen LogP contribution in [0.5, 0.6) is 0 Å². The van der Waals surface area contributed by atoms with E-state index in [1.165, 1.54) is 25.5 Å². The highest BCUT2D eigenvalue weighted by molar-refractivity contribution is 5.93. The number of carbonyl (C=O) groups is 1. The van der Waals surface area contributed by atoms with Crippen molar-refractivity contribution >= 4 is 12.1 Å². The molecule has 0 saturated heterocycles. The maximum absolute atomic E-state index is 13.5. The fourth-order valence-corrected chi connectivity index (χ4v) is 1.39. The Morgan fingerprint density at radius 2 is 2.44 bits per heavy atom.